The van der Waals surface area contributed by atoms with Gasteiger partial charge in [-0.25, -0.2) is 0 Å². The molecule has 0 aromatic carbocycles. The second-order valence-corrected chi connectivity index (χ2v) is 4.16. The molecule has 2 aromatic heterocycles. The lowest BCUT2D eigenvalue weighted by Gasteiger charge is -2.06. The molecular weight excluding hydrogens is 242 g/mol. The number of H-pyrrole nitrogens is 1. The highest BCUT2D eigenvalue weighted by Crippen LogP contribution is 2.08. The first-order valence-corrected chi connectivity index (χ1v) is 6.17. The van der Waals surface area contributed by atoms with Crippen molar-refractivity contribution in [2.24, 2.45) is 0 Å². The number of aromatic nitrogens is 3. The monoisotopic (exact) mass is 259 g/mol. The fourth-order valence-corrected chi connectivity index (χ4v) is 1.69. The minimum atomic E-state index is -0.194. The van der Waals surface area contributed by atoms with Gasteiger partial charge >= 0.3 is 0 Å². The van der Waals surface area contributed by atoms with Crippen LogP contribution in [0.15, 0.2) is 24.5 Å². The van der Waals surface area contributed by atoms with Gasteiger partial charge in [-0.05, 0) is 26.0 Å². The number of amides is 1. The summed E-state index contributed by atoms with van der Waals surface area (Å²) in [5.41, 5.74) is 3.22. The second-order valence-electron chi connectivity index (χ2n) is 4.16. The van der Waals surface area contributed by atoms with E-state index in [1.165, 1.54) is 0 Å². The van der Waals surface area contributed by atoms with Crippen molar-refractivity contribution in [1.82, 2.24) is 20.5 Å². The second kappa shape index (κ2) is 5.99. The van der Waals surface area contributed by atoms with E-state index >= 15 is 0 Å². The molecular formula is C13H17N5O. The molecule has 0 fully saturated rings. The van der Waals surface area contributed by atoms with Gasteiger partial charge in [0.2, 0.25) is 0 Å². The quantitative estimate of drug-likeness (QED) is 0.759. The number of aromatic amines is 1. The number of carbonyl (C=O) groups is 1. The number of hydrogen-bond donors (Lipinski definition) is 3. The molecule has 19 heavy (non-hydrogen) atoms. The molecule has 0 aliphatic rings. The van der Waals surface area contributed by atoms with Crippen molar-refractivity contribution in [3.8, 4) is 0 Å². The van der Waals surface area contributed by atoms with Crippen LogP contribution in [0, 0.1) is 6.92 Å². The van der Waals surface area contributed by atoms with E-state index in [4.69, 9.17) is 0 Å². The molecule has 2 heterocycles. The standard InChI is InChI=1S/C13H17N5O/c1-3-14-11-4-5-15-12(6-11)13(19)16-7-10-8-17-18-9(10)2/h4-6,8H,3,7H2,1-2H3,(H,14,15)(H,16,19)(H,17,18). The van der Waals surface area contributed by atoms with E-state index < -0.39 is 0 Å². The summed E-state index contributed by atoms with van der Waals surface area (Å²) in [6.07, 6.45) is 3.33. The van der Waals surface area contributed by atoms with Crippen molar-refractivity contribution in [1.29, 1.82) is 0 Å². The molecule has 0 spiro atoms. The minimum Gasteiger partial charge on any atom is -0.385 e. The van der Waals surface area contributed by atoms with Crippen molar-refractivity contribution in [3.63, 3.8) is 0 Å². The van der Waals surface area contributed by atoms with Gasteiger partial charge in [0.05, 0.1) is 6.20 Å². The van der Waals surface area contributed by atoms with Crippen LogP contribution in [0.1, 0.15) is 28.7 Å². The Labute approximate surface area is 111 Å². The highest BCUT2D eigenvalue weighted by atomic mass is 16.1. The number of hydrogen-bond acceptors (Lipinski definition) is 4. The number of rotatable bonds is 5. The van der Waals surface area contributed by atoms with Crippen molar-refractivity contribution >= 4 is 11.6 Å². The molecule has 6 nitrogen and oxygen atoms in total. The van der Waals surface area contributed by atoms with E-state index in [9.17, 15) is 4.79 Å². The van der Waals surface area contributed by atoms with Crippen LogP contribution in [0.3, 0.4) is 0 Å². The topological polar surface area (TPSA) is 82.7 Å². The van der Waals surface area contributed by atoms with Crippen molar-refractivity contribution < 1.29 is 4.79 Å². The molecule has 1 amide bonds. The van der Waals surface area contributed by atoms with Crippen LogP contribution in [-0.4, -0.2) is 27.6 Å². The molecule has 0 atom stereocenters. The van der Waals surface area contributed by atoms with E-state index in [1.54, 1.807) is 18.5 Å². The molecule has 6 heteroatoms. The van der Waals surface area contributed by atoms with Gasteiger partial charge in [-0.2, -0.15) is 5.10 Å². The molecule has 2 rings (SSSR count). The Kier molecular flexibility index (Phi) is 4.12. The lowest BCUT2D eigenvalue weighted by Crippen LogP contribution is -2.24. The Balaban J connectivity index is 2.00. The zero-order chi connectivity index (χ0) is 13.7. The molecule has 100 valence electrons. The molecule has 3 N–H and O–H groups in total. The summed E-state index contributed by atoms with van der Waals surface area (Å²) in [7, 11) is 0. The summed E-state index contributed by atoms with van der Waals surface area (Å²) in [6, 6.07) is 3.57. The molecule has 0 bridgehead atoms. The van der Waals surface area contributed by atoms with Gasteiger partial charge < -0.3 is 10.6 Å². The first-order chi connectivity index (χ1) is 9.20. The summed E-state index contributed by atoms with van der Waals surface area (Å²) >= 11 is 0. The van der Waals surface area contributed by atoms with Gasteiger partial charge in [-0.1, -0.05) is 0 Å². The highest BCUT2D eigenvalue weighted by molar-refractivity contribution is 5.93. The maximum Gasteiger partial charge on any atom is 0.270 e. The average molecular weight is 259 g/mol. The smallest absolute Gasteiger partial charge is 0.270 e. The first kappa shape index (κ1) is 13.1. The average Bonchev–Trinajstić information content (AvgIpc) is 2.82. The third-order valence-electron chi connectivity index (χ3n) is 2.75. The Morgan fingerprint density at radius 2 is 2.32 bits per heavy atom. The first-order valence-electron chi connectivity index (χ1n) is 6.17. The summed E-state index contributed by atoms with van der Waals surface area (Å²) in [4.78, 5) is 16.0. The third-order valence-corrected chi connectivity index (χ3v) is 2.75. The predicted molar refractivity (Wildman–Crippen MR) is 72.9 cm³/mol. The number of anilines is 1. The van der Waals surface area contributed by atoms with Crippen LogP contribution >= 0.6 is 0 Å². The van der Waals surface area contributed by atoms with E-state index in [1.807, 2.05) is 19.9 Å². The van der Waals surface area contributed by atoms with Gasteiger partial charge in [-0.15, -0.1) is 0 Å². The van der Waals surface area contributed by atoms with Gasteiger partial charge in [0, 0.05) is 36.2 Å². The van der Waals surface area contributed by atoms with Gasteiger partial charge in [0.25, 0.3) is 5.91 Å². The molecule has 0 unspecified atom stereocenters. The molecule has 0 radical (unpaired) electrons. The van der Waals surface area contributed by atoms with Crippen LogP contribution in [0.5, 0.6) is 0 Å². The largest absolute Gasteiger partial charge is 0.385 e. The fourth-order valence-electron chi connectivity index (χ4n) is 1.69. The number of aryl methyl sites for hydroxylation is 1. The predicted octanol–water partition coefficient (Wildman–Crippen LogP) is 1.47. The summed E-state index contributed by atoms with van der Waals surface area (Å²) < 4.78 is 0. The van der Waals surface area contributed by atoms with Gasteiger partial charge in [-0.3, -0.25) is 14.9 Å². The Morgan fingerprint density at radius 3 is 3.00 bits per heavy atom. The zero-order valence-electron chi connectivity index (χ0n) is 11.0. The lowest BCUT2D eigenvalue weighted by atomic mass is 10.2. The van der Waals surface area contributed by atoms with Gasteiger partial charge in [0.15, 0.2) is 0 Å². The van der Waals surface area contributed by atoms with Crippen molar-refractivity contribution in [2.45, 2.75) is 20.4 Å². The number of nitrogens with one attached hydrogen (secondary N) is 3. The summed E-state index contributed by atoms with van der Waals surface area (Å²) in [5.74, 6) is -0.194. The van der Waals surface area contributed by atoms with Crippen molar-refractivity contribution in [3.05, 3.63) is 41.5 Å². The number of carbonyl (C=O) groups excluding carboxylic acids is 1. The Hall–Kier alpha value is -2.37. The molecule has 0 aliphatic carbocycles. The maximum atomic E-state index is 12.0. The summed E-state index contributed by atoms with van der Waals surface area (Å²) in [6.45, 7) is 5.16. The molecule has 0 saturated heterocycles. The SMILES string of the molecule is CCNc1ccnc(C(=O)NCc2cn[nH]c2C)c1. The van der Waals surface area contributed by atoms with Gasteiger partial charge in [0.1, 0.15) is 5.69 Å². The number of nitrogens with zero attached hydrogens (tertiary/aromatic N) is 2. The minimum absolute atomic E-state index is 0.194. The highest BCUT2D eigenvalue weighted by Gasteiger charge is 2.08. The number of pyridine rings is 1. The van der Waals surface area contributed by atoms with Crippen LogP contribution in [0.4, 0.5) is 5.69 Å². The van der Waals surface area contributed by atoms with E-state index in [-0.39, 0.29) is 5.91 Å². The van der Waals surface area contributed by atoms with Crippen LogP contribution in [0.2, 0.25) is 0 Å². The molecule has 2 aromatic rings. The zero-order valence-corrected chi connectivity index (χ0v) is 11.0. The van der Waals surface area contributed by atoms with E-state index in [0.29, 0.717) is 12.2 Å². The Bertz CT molecular complexity index is 564. The molecule has 0 saturated carbocycles. The van der Waals surface area contributed by atoms with E-state index in [2.05, 4.69) is 25.8 Å². The lowest BCUT2D eigenvalue weighted by molar-refractivity contribution is 0.0946. The maximum absolute atomic E-state index is 12.0. The molecule has 0 aliphatic heterocycles. The summed E-state index contributed by atoms with van der Waals surface area (Å²) in [5, 5.41) is 12.7. The van der Waals surface area contributed by atoms with Crippen LogP contribution < -0.4 is 10.6 Å². The Morgan fingerprint density at radius 1 is 1.47 bits per heavy atom. The van der Waals surface area contributed by atoms with Crippen molar-refractivity contribution in [2.75, 3.05) is 11.9 Å². The fraction of sp³-hybridized carbons (Fsp3) is 0.308. The normalized spacial score (nSPS) is 10.2. The van der Waals surface area contributed by atoms with Crippen LogP contribution in [0.25, 0.3) is 0 Å². The van der Waals surface area contributed by atoms with Crippen LogP contribution in [-0.2, 0) is 6.54 Å². The van der Waals surface area contributed by atoms with E-state index in [0.717, 1.165) is 23.5 Å². The third kappa shape index (κ3) is 3.31.